The number of benzene rings is 8. The number of morpholine rings is 1. The van der Waals surface area contributed by atoms with E-state index in [0.717, 1.165) is 172 Å². The third-order valence-electron chi connectivity index (χ3n) is 19.2. The molecule has 0 unspecified atom stereocenters. The standard InChI is InChI=1S/C33H31N5O3.C25H21N3O.C24H23N3O3/c34-13-10-33(39)38-16-14-37(15-17-38)26-7-4-23(5-8-26)31-21-29-28(2-1-3-30(29)36-31)24-6-9-32(25(20-24)22-35)41-27-11-18-40-19-12-27;26-17-18-3-1-4-20(15-18)22-5-2-6-24-23(22)16-25(27-24)19-7-9-21(10-8-19)28-11-13-29-14-12-28;25-14-16-12-15(4-7-23(16)30-18-8-10-29-11-9-18)19-2-1-3-21-20(19)13-22(27-21)24(28)26-17-5-6-17/h1-9,20-21,27,36H,10-12,14-19H2;1-10,15-16,27H,11-14H2;1-4,7,12-13,17-18,27H,5-6,8-11H2,(H,26,28). The predicted octanol–water partition coefficient (Wildman–Crippen LogP) is 14.9. The molecule has 7 heterocycles. The first-order valence-electron chi connectivity index (χ1n) is 34.3. The number of carbonyl (C=O) groups excluding carboxylic acids is 2. The Balaban J connectivity index is 0.000000130. The summed E-state index contributed by atoms with van der Waals surface area (Å²) in [5, 5.41) is 43.8. The van der Waals surface area contributed by atoms with Crippen LogP contribution in [0.2, 0.25) is 0 Å². The topological polar surface area (TPSA) is 245 Å². The van der Waals surface area contributed by atoms with Crippen molar-refractivity contribution in [3.05, 3.63) is 204 Å². The Hall–Kier alpha value is -11.6. The lowest BCUT2D eigenvalue weighted by Gasteiger charge is -2.35. The van der Waals surface area contributed by atoms with Gasteiger partial charge in [-0.25, -0.2) is 0 Å². The number of nitrogens with zero attached hydrogens (tertiary/aromatic N) is 7. The fourth-order valence-corrected chi connectivity index (χ4v) is 13.5. The maximum absolute atomic E-state index is 12.4. The molecule has 1 aliphatic carbocycles. The molecule has 0 bridgehead atoms. The van der Waals surface area contributed by atoms with Crippen LogP contribution in [0.15, 0.2) is 182 Å². The van der Waals surface area contributed by atoms with Crippen LogP contribution in [0.3, 0.4) is 0 Å². The molecule has 0 spiro atoms. The number of piperazine rings is 1. The summed E-state index contributed by atoms with van der Waals surface area (Å²) in [4.78, 5) is 41.2. The third kappa shape index (κ3) is 15.1. The van der Waals surface area contributed by atoms with Gasteiger partial charge in [0.15, 0.2) is 0 Å². The molecule has 0 atom stereocenters. The maximum Gasteiger partial charge on any atom is 0.267 e. The summed E-state index contributed by atoms with van der Waals surface area (Å²) in [5.74, 6) is 1.07. The van der Waals surface area contributed by atoms with Crippen LogP contribution in [0.25, 0.3) is 88.6 Å². The first kappa shape index (κ1) is 65.6. The van der Waals surface area contributed by atoms with Gasteiger partial charge in [-0.3, -0.25) is 9.59 Å². The van der Waals surface area contributed by atoms with Crippen molar-refractivity contribution in [3.63, 3.8) is 0 Å². The van der Waals surface area contributed by atoms with Gasteiger partial charge in [0, 0.05) is 126 Å². The molecule has 4 aliphatic heterocycles. The summed E-state index contributed by atoms with van der Waals surface area (Å²) < 4.78 is 28.5. The van der Waals surface area contributed by atoms with E-state index in [9.17, 15) is 25.4 Å². The molecule has 100 heavy (non-hydrogen) atoms. The highest BCUT2D eigenvalue weighted by Crippen LogP contribution is 2.39. The average Bonchev–Trinajstić information content (AvgIpc) is 1.72. The number of nitrogens with one attached hydrogen (secondary N) is 4. The van der Waals surface area contributed by atoms with Gasteiger partial charge in [0.25, 0.3) is 5.91 Å². The van der Waals surface area contributed by atoms with Crippen molar-refractivity contribution in [3.8, 4) is 91.7 Å². The summed E-state index contributed by atoms with van der Waals surface area (Å²) in [5.41, 5.74) is 18.1. The number of amides is 2. The summed E-state index contributed by atoms with van der Waals surface area (Å²) in [6.45, 7) is 8.97. The lowest BCUT2D eigenvalue weighted by atomic mass is 9.99. The van der Waals surface area contributed by atoms with Gasteiger partial charge in [0.1, 0.15) is 48.0 Å². The summed E-state index contributed by atoms with van der Waals surface area (Å²) in [6.07, 6.45) is 5.54. The number of rotatable bonds is 14. The molecule has 1 saturated carbocycles. The number of nitriles is 4. The molecule has 11 aromatic rings. The van der Waals surface area contributed by atoms with Crippen LogP contribution >= 0.6 is 0 Å². The second kappa shape index (κ2) is 30.4. The van der Waals surface area contributed by atoms with Crippen LogP contribution in [-0.2, 0) is 19.0 Å². The fraction of sp³-hybridized carbons (Fsp3) is 0.268. The van der Waals surface area contributed by atoms with Crippen LogP contribution in [-0.4, -0.2) is 129 Å². The summed E-state index contributed by atoms with van der Waals surface area (Å²) in [6, 6.07) is 70.2. The molecular weight excluding hydrogens is 1250 g/mol. The molecule has 18 heteroatoms. The zero-order chi connectivity index (χ0) is 68.3. The number of hydrogen-bond acceptors (Lipinski definition) is 13. The first-order chi connectivity index (χ1) is 49.1. The minimum Gasteiger partial charge on any atom is -0.489 e. The second-order valence-electron chi connectivity index (χ2n) is 25.7. The van der Waals surface area contributed by atoms with Crippen molar-refractivity contribution in [2.45, 2.75) is 63.2 Å². The van der Waals surface area contributed by atoms with Gasteiger partial charge < -0.3 is 58.7 Å². The van der Waals surface area contributed by atoms with Crippen molar-refractivity contribution in [1.29, 1.82) is 21.0 Å². The molecule has 4 saturated heterocycles. The number of anilines is 2. The smallest absolute Gasteiger partial charge is 0.267 e. The SMILES string of the molecule is N#CCC(=O)N1CCN(c2ccc(-c3cc4c(-c5ccc(OC6CCOCC6)c(C#N)c5)cccc4[nH]3)cc2)CC1.N#Cc1cc(-c2cccc3[nH]c(C(=O)NC4CC4)cc23)ccc1OC1CCOCC1.N#Cc1cccc(-c2cccc3[nH]c(-c4ccc(N5CCOCC5)cc4)cc23)c1. The molecule has 5 aliphatic rings. The lowest BCUT2D eigenvalue weighted by molar-refractivity contribution is -0.130. The summed E-state index contributed by atoms with van der Waals surface area (Å²) in [7, 11) is 0. The van der Waals surface area contributed by atoms with E-state index >= 15 is 0 Å². The van der Waals surface area contributed by atoms with E-state index in [1.54, 1.807) is 4.90 Å². The second-order valence-corrected chi connectivity index (χ2v) is 25.7. The van der Waals surface area contributed by atoms with Crippen LogP contribution in [0.4, 0.5) is 11.4 Å². The highest BCUT2D eigenvalue weighted by atomic mass is 16.5. The molecule has 2 amide bonds. The van der Waals surface area contributed by atoms with E-state index in [1.807, 2.05) is 91.0 Å². The van der Waals surface area contributed by atoms with Crippen molar-refractivity contribution in [2.24, 2.45) is 0 Å². The zero-order valence-electron chi connectivity index (χ0n) is 55.5. The van der Waals surface area contributed by atoms with Crippen molar-refractivity contribution in [2.75, 3.05) is 88.7 Å². The van der Waals surface area contributed by atoms with Gasteiger partial charge in [-0.1, -0.05) is 84.9 Å². The quantitative estimate of drug-likeness (QED) is 0.0792. The van der Waals surface area contributed by atoms with E-state index in [1.165, 1.54) is 5.69 Å². The minimum atomic E-state index is -0.0937. The van der Waals surface area contributed by atoms with E-state index in [0.29, 0.717) is 79.4 Å². The number of fused-ring (bicyclic) bond motifs is 3. The minimum absolute atomic E-state index is 0.0588. The Kier molecular flexibility index (Phi) is 20.0. The molecule has 5 fully saturated rings. The Morgan fingerprint density at radius 1 is 0.450 bits per heavy atom. The average molecular weight is 1330 g/mol. The molecule has 3 aromatic heterocycles. The molecule has 500 valence electrons. The number of aromatic nitrogens is 3. The van der Waals surface area contributed by atoms with Gasteiger partial charge in [0.2, 0.25) is 5.91 Å². The van der Waals surface area contributed by atoms with Crippen LogP contribution in [0.1, 0.15) is 72.1 Å². The number of aromatic amines is 3. The normalized spacial score (nSPS) is 15.7. The monoisotopic (exact) mass is 1330 g/mol. The van der Waals surface area contributed by atoms with Crippen molar-refractivity contribution >= 4 is 55.9 Å². The van der Waals surface area contributed by atoms with E-state index in [4.69, 9.17) is 28.9 Å². The fourth-order valence-electron chi connectivity index (χ4n) is 13.5. The van der Waals surface area contributed by atoms with Crippen LogP contribution in [0.5, 0.6) is 11.5 Å². The molecule has 0 radical (unpaired) electrons. The van der Waals surface area contributed by atoms with Crippen molar-refractivity contribution < 1.29 is 33.3 Å². The molecule has 4 N–H and O–H groups in total. The number of carbonyl (C=O) groups is 2. The predicted molar refractivity (Wildman–Crippen MR) is 388 cm³/mol. The highest BCUT2D eigenvalue weighted by Gasteiger charge is 2.27. The van der Waals surface area contributed by atoms with Gasteiger partial charge in [-0.2, -0.15) is 21.0 Å². The molecular formula is C82H75N11O7. The Morgan fingerprint density at radius 2 is 0.900 bits per heavy atom. The van der Waals surface area contributed by atoms with E-state index < -0.39 is 0 Å². The Morgan fingerprint density at radius 3 is 1.38 bits per heavy atom. The number of H-pyrrole nitrogens is 3. The Labute approximate surface area is 580 Å². The number of ether oxygens (including phenoxy) is 5. The lowest BCUT2D eigenvalue weighted by Crippen LogP contribution is -2.48. The van der Waals surface area contributed by atoms with Gasteiger partial charge in [-0.05, 0) is 154 Å². The zero-order valence-corrected chi connectivity index (χ0v) is 55.5. The third-order valence-corrected chi connectivity index (χ3v) is 19.2. The van der Waals surface area contributed by atoms with Gasteiger partial charge in [0.05, 0.1) is 68.5 Å². The summed E-state index contributed by atoms with van der Waals surface area (Å²) >= 11 is 0. The molecule has 18 nitrogen and oxygen atoms in total. The number of hydrogen-bond donors (Lipinski definition) is 4. The van der Waals surface area contributed by atoms with Gasteiger partial charge >= 0.3 is 0 Å². The highest BCUT2D eigenvalue weighted by molar-refractivity contribution is 6.04. The molecule has 8 aromatic carbocycles. The van der Waals surface area contributed by atoms with Crippen LogP contribution < -0.4 is 24.6 Å². The van der Waals surface area contributed by atoms with E-state index in [-0.39, 0.29) is 30.4 Å². The van der Waals surface area contributed by atoms with E-state index in [2.05, 4.69) is 145 Å². The molecule has 16 rings (SSSR count). The maximum atomic E-state index is 12.4. The first-order valence-corrected chi connectivity index (χ1v) is 34.3. The van der Waals surface area contributed by atoms with Crippen LogP contribution in [0, 0.1) is 45.3 Å². The van der Waals surface area contributed by atoms with Gasteiger partial charge in [-0.15, -0.1) is 0 Å². The Bertz CT molecular complexity index is 4940. The largest absolute Gasteiger partial charge is 0.489 e. The van der Waals surface area contributed by atoms with Crippen molar-refractivity contribution in [1.82, 2.24) is 25.2 Å².